The monoisotopic (exact) mass is 742 g/mol. The van der Waals surface area contributed by atoms with Gasteiger partial charge >= 0.3 is 11.9 Å². The average Bonchev–Trinajstić information content (AvgIpc) is 3.12. The number of carbonyl (C=O) groups excluding carboxylic acids is 2. The van der Waals surface area contributed by atoms with Crippen LogP contribution in [0, 0.1) is 10.8 Å². The molecular formula is C40H70O8S2. The standard InChI is InChI=1S/C40H70O8S2/c1-11-37(9,12-2)27-31(41)29-45-33-20-19-21-34(26-33)46-30-32(42)28-39(15-5,16-6)40(17-7,18-8)48-36(44)23-25-50-49-24-22-35(43)47-38(10,13-3)14-4/h19-21,26,31-32,41-42H,11-18,22-25,27-30H2,1-10H3. The summed E-state index contributed by atoms with van der Waals surface area (Å²) in [5.41, 5.74) is -1.47. The third-order valence-electron chi connectivity index (χ3n) is 11.2. The Labute approximate surface area is 312 Å². The van der Waals surface area contributed by atoms with Gasteiger partial charge in [0.05, 0.1) is 25.0 Å². The predicted octanol–water partition coefficient (Wildman–Crippen LogP) is 9.96. The van der Waals surface area contributed by atoms with Gasteiger partial charge in [0.25, 0.3) is 0 Å². The van der Waals surface area contributed by atoms with Crippen molar-refractivity contribution in [1.82, 2.24) is 0 Å². The number of esters is 2. The molecule has 2 N–H and O–H groups in total. The highest BCUT2D eigenvalue weighted by atomic mass is 33.1. The van der Waals surface area contributed by atoms with Crippen LogP contribution in [0.4, 0.5) is 0 Å². The lowest BCUT2D eigenvalue weighted by Gasteiger charge is -2.50. The maximum atomic E-state index is 13.2. The van der Waals surface area contributed by atoms with E-state index in [9.17, 15) is 19.8 Å². The number of aliphatic hydroxyl groups is 2. The summed E-state index contributed by atoms with van der Waals surface area (Å²) in [5.74, 6) is 1.98. The van der Waals surface area contributed by atoms with Crippen molar-refractivity contribution in [2.24, 2.45) is 10.8 Å². The molecular weight excluding hydrogens is 673 g/mol. The molecule has 8 nitrogen and oxygen atoms in total. The summed E-state index contributed by atoms with van der Waals surface area (Å²) in [6.45, 7) is 21.1. The molecule has 0 radical (unpaired) electrons. The molecule has 290 valence electrons. The average molecular weight is 743 g/mol. The van der Waals surface area contributed by atoms with E-state index >= 15 is 0 Å². The smallest absolute Gasteiger partial charge is 0.307 e. The van der Waals surface area contributed by atoms with E-state index in [4.69, 9.17) is 18.9 Å². The zero-order valence-electron chi connectivity index (χ0n) is 32.9. The Morgan fingerprint density at radius 3 is 1.54 bits per heavy atom. The summed E-state index contributed by atoms with van der Waals surface area (Å²) in [6.07, 6.45) is 6.74. The zero-order valence-corrected chi connectivity index (χ0v) is 34.6. The molecule has 1 rings (SSSR count). The second-order valence-corrected chi connectivity index (χ2v) is 17.0. The molecule has 0 aromatic heterocycles. The highest BCUT2D eigenvalue weighted by Crippen LogP contribution is 2.49. The van der Waals surface area contributed by atoms with E-state index in [-0.39, 0.29) is 37.0 Å². The first-order valence-electron chi connectivity index (χ1n) is 19.1. The SMILES string of the molecule is CCC(C)(CC)CC(O)COc1cccc(OCC(O)CC(CC)(CC)C(CC)(CC)OC(=O)CCSSCCC(=O)OC(C)(CC)CC)c1. The van der Waals surface area contributed by atoms with Gasteiger partial charge in [-0.3, -0.25) is 9.59 Å². The summed E-state index contributed by atoms with van der Waals surface area (Å²) in [6, 6.07) is 7.29. The van der Waals surface area contributed by atoms with Crippen molar-refractivity contribution in [3.8, 4) is 11.5 Å². The van der Waals surface area contributed by atoms with Crippen LogP contribution >= 0.6 is 21.6 Å². The molecule has 50 heavy (non-hydrogen) atoms. The minimum atomic E-state index is -0.774. The second-order valence-electron chi connectivity index (χ2n) is 14.3. The number of carbonyl (C=O) groups is 2. The maximum absolute atomic E-state index is 13.2. The van der Waals surface area contributed by atoms with Gasteiger partial charge in [-0.05, 0) is 75.8 Å². The maximum Gasteiger partial charge on any atom is 0.307 e. The van der Waals surface area contributed by atoms with Crippen LogP contribution in [0.5, 0.6) is 11.5 Å². The van der Waals surface area contributed by atoms with Gasteiger partial charge in [0.1, 0.15) is 35.9 Å². The zero-order chi connectivity index (χ0) is 37.8. The first kappa shape index (κ1) is 46.4. The number of rotatable bonds is 28. The van der Waals surface area contributed by atoms with Crippen LogP contribution in [0.15, 0.2) is 24.3 Å². The summed E-state index contributed by atoms with van der Waals surface area (Å²) in [5, 5.41) is 21.8. The van der Waals surface area contributed by atoms with Crippen LogP contribution in [-0.2, 0) is 19.1 Å². The first-order valence-corrected chi connectivity index (χ1v) is 21.6. The predicted molar refractivity (Wildman–Crippen MR) is 209 cm³/mol. The van der Waals surface area contributed by atoms with Gasteiger partial charge in [-0.2, -0.15) is 0 Å². The summed E-state index contributed by atoms with van der Waals surface area (Å²) < 4.78 is 23.9. The third kappa shape index (κ3) is 14.8. The Morgan fingerprint density at radius 1 is 0.660 bits per heavy atom. The first-order chi connectivity index (χ1) is 23.7. The lowest BCUT2D eigenvalue weighted by Crippen LogP contribution is -2.52. The highest BCUT2D eigenvalue weighted by molar-refractivity contribution is 8.76. The number of benzene rings is 1. The van der Waals surface area contributed by atoms with Crippen LogP contribution in [0.1, 0.15) is 146 Å². The highest BCUT2D eigenvalue weighted by Gasteiger charge is 2.50. The molecule has 0 aliphatic heterocycles. The molecule has 0 saturated heterocycles. The normalized spacial score (nSPS) is 13.8. The molecule has 0 aliphatic carbocycles. The van der Waals surface area contributed by atoms with Gasteiger partial charge in [-0.15, -0.1) is 0 Å². The molecule has 0 spiro atoms. The summed E-state index contributed by atoms with van der Waals surface area (Å²) in [4.78, 5) is 25.4. The molecule has 0 bridgehead atoms. The van der Waals surface area contributed by atoms with Gasteiger partial charge in [-0.25, -0.2) is 0 Å². The topological polar surface area (TPSA) is 112 Å². The van der Waals surface area contributed by atoms with Gasteiger partial charge in [0.2, 0.25) is 0 Å². The summed E-state index contributed by atoms with van der Waals surface area (Å²) >= 11 is 0. The van der Waals surface area contributed by atoms with Crippen molar-refractivity contribution in [3.63, 3.8) is 0 Å². The van der Waals surface area contributed by atoms with Crippen molar-refractivity contribution in [1.29, 1.82) is 0 Å². The van der Waals surface area contributed by atoms with E-state index in [0.29, 0.717) is 55.1 Å². The molecule has 0 amide bonds. The van der Waals surface area contributed by atoms with Crippen LogP contribution in [0.2, 0.25) is 0 Å². The molecule has 0 heterocycles. The summed E-state index contributed by atoms with van der Waals surface area (Å²) in [7, 11) is 3.14. The van der Waals surface area contributed by atoms with E-state index in [1.165, 1.54) is 0 Å². The largest absolute Gasteiger partial charge is 0.491 e. The van der Waals surface area contributed by atoms with Crippen molar-refractivity contribution in [2.75, 3.05) is 24.7 Å². The molecule has 0 fully saturated rings. The van der Waals surface area contributed by atoms with Crippen LogP contribution in [0.25, 0.3) is 0 Å². The Hall–Kier alpha value is -1.62. The van der Waals surface area contributed by atoms with Gasteiger partial charge in [0, 0.05) is 23.0 Å². The van der Waals surface area contributed by atoms with E-state index in [2.05, 4.69) is 48.5 Å². The molecule has 2 unspecified atom stereocenters. The number of ether oxygens (including phenoxy) is 4. The Bertz CT molecular complexity index is 1100. The molecule has 10 heteroatoms. The van der Waals surface area contributed by atoms with E-state index in [0.717, 1.165) is 38.5 Å². The lowest BCUT2D eigenvalue weighted by atomic mass is 9.62. The third-order valence-corrected chi connectivity index (χ3v) is 13.7. The second kappa shape index (κ2) is 23.1. The fraction of sp³-hybridized carbons (Fsp3) is 0.800. The van der Waals surface area contributed by atoms with Crippen molar-refractivity contribution >= 4 is 33.5 Å². The fourth-order valence-corrected chi connectivity index (χ4v) is 8.64. The van der Waals surface area contributed by atoms with Crippen LogP contribution in [0.3, 0.4) is 0 Å². The van der Waals surface area contributed by atoms with Crippen molar-refractivity contribution in [3.05, 3.63) is 24.3 Å². The van der Waals surface area contributed by atoms with Crippen LogP contribution < -0.4 is 9.47 Å². The Morgan fingerprint density at radius 2 is 1.12 bits per heavy atom. The minimum absolute atomic E-state index is 0.0880. The number of aliphatic hydroxyl groups excluding tert-OH is 2. The van der Waals surface area contributed by atoms with Crippen molar-refractivity contribution in [2.45, 2.75) is 170 Å². The van der Waals surface area contributed by atoms with E-state index in [1.54, 1.807) is 27.7 Å². The van der Waals surface area contributed by atoms with Gasteiger partial charge in [0.15, 0.2) is 0 Å². The Balaban J connectivity index is 2.73. The van der Waals surface area contributed by atoms with E-state index in [1.807, 2.05) is 39.0 Å². The number of hydrogen-bond donors (Lipinski definition) is 2. The van der Waals surface area contributed by atoms with Crippen molar-refractivity contribution < 1.29 is 38.7 Å². The molecule has 0 saturated carbocycles. The molecule has 0 aliphatic rings. The molecule has 1 aromatic carbocycles. The van der Waals surface area contributed by atoms with Gasteiger partial charge < -0.3 is 29.2 Å². The molecule has 2 atom stereocenters. The van der Waals surface area contributed by atoms with Gasteiger partial charge in [-0.1, -0.05) is 103 Å². The van der Waals surface area contributed by atoms with Crippen LogP contribution in [-0.4, -0.2) is 70.3 Å². The fourth-order valence-electron chi connectivity index (χ4n) is 6.69. The number of hydrogen-bond acceptors (Lipinski definition) is 10. The Kier molecular flexibility index (Phi) is 21.5. The minimum Gasteiger partial charge on any atom is -0.491 e. The molecule has 1 aromatic rings. The lowest BCUT2D eigenvalue weighted by molar-refractivity contribution is -0.186. The van der Waals surface area contributed by atoms with E-state index < -0.39 is 28.8 Å². The quantitative estimate of drug-likeness (QED) is 0.0489.